The molecular formula is C14H25NO3. The van der Waals surface area contributed by atoms with Crippen LogP contribution in [-0.4, -0.2) is 25.4 Å². The minimum atomic E-state index is 0.255. The molecule has 0 aliphatic heterocycles. The smallest absolute Gasteiger partial charge is 0.129 e. The third kappa shape index (κ3) is 6.79. The highest BCUT2D eigenvalue weighted by Gasteiger charge is 2.03. The van der Waals surface area contributed by atoms with Crippen LogP contribution in [-0.2, 0) is 22.6 Å². The Bertz CT molecular complexity index is 321. The summed E-state index contributed by atoms with van der Waals surface area (Å²) in [5.41, 5.74) is 0. The minimum absolute atomic E-state index is 0.255. The molecule has 4 nitrogen and oxygen atoms in total. The number of hydrogen-bond acceptors (Lipinski definition) is 4. The molecule has 0 saturated heterocycles. The topological polar surface area (TPSA) is 43.6 Å². The van der Waals surface area contributed by atoms with Gasteiger partial charge in [0.15, 0.2) is 0 Å². The van der Waals surface area contributed by atoms with Crippen molar-refractivity contribution in [3.8, 4) is 0 Å². The average Bonchev–Trinajstić information content (AvgIpc) is 2.73. The Labute approximate surface area is 110 Å². The fourth-order valence-corrected chi connectivity index (χ4v) is 1.42. The highest BCUT2D eigenvalue weighted by molar-refractivity contribution is 5.06. The average molecular weight is 255 g/mol. The third-order valence-electron chi connectivity index (χ3n) is 2.33. The van der Waals surface area contributed by atoms with Gasteiger partial charge in [0.2, 0.25) is 0 Å². The molecule has 18 heavy (non-hydrogen) atoms. The van der Waals surface area contributed by atoms with Gasteiger partial charge in [-0.15, -0.1) is 0 Å². The summed E-state index contributed by atoms with van der Waals surface area (Å²) in [5, 5.41) is 3.31. The normalized spacial score (nSPS) is 11.7. The summed E-state index contributed by atoms with van der Waals surface area (Å²) in [6, 6.07) is 4.40. The fraction of sp³-hybridized carbons (Fsp3) is 0.714. The first-order valence-electron chi connectivity index (χ1n) is 6.58. The molecule has 1 N–H and O–H groups in total. The minimum Gasteiger partial charge on any atom is -0.462 e. The highest BCUT2D eigenvalue weighted by atomic mass is 16.5. The highest BCUT2D eigenvalue weighted by Crippen LogP contribution is 2.09. The number of furan rings is 1. The van der Waals surface area contributed by atoms with Crippen molar-refractivity contribution in [2.75, 3.05) is 13.2 Å². The summed E-state index contributed by atoms with van der Waals surface area (Å²) in [6.07, 6.45) is 0.255. The number of rotatable bonds is 9. The number of hydrogen-bond donors (Lipinski definition) is 1. The van der Waals surface area contributed by atoms with Crippen molar-refractivity contribution in [1.29, 1.82) is 0 Å². The van der Waals surface area contributed by atoms with E-state index in [0.717, 1.165) is 18.1 Å². The van der Waals surface area contributed by atoms with Crippen LogP contribution in [0, 0.1) is 0 Å². The van der Waals surface area contributed by atoms with E-state index in [1.807, 2.05) is 26.0 Å². The molecule has 0 saturated carbocycles. The second-order valence-corrected chi connectivity index (χ2v) is 4.88. The maximum Gasteiger partial charge on any atom is 0.129 e. The van der Waals surface area contributed by atoms with E-state index in [1.165, 1.54) is 0 Å². The van der Waals surface area contributed by atoms with Gasteiger partial charge in [-0.25, -0.2) is 0 Å². The molecule has 0 amide bonds. The summed E-state index contributed by atoms with van der Waals surface area (Å²) in [4.78, 5) is 0. The summed E-state index contributed by atoms with van der Waals surface area (Å²) < 4.78 is 16.5. The molecule has 0 atom stereocenters. The molecule has 0 aromatic carbocycles. The van der Waals surface area contributed by atoms with Crippen molar-refractivity contribution in [3.05, 3.63) is 23.7 Å². The SMILES string of the molecule is CC(C)NCc1ccc(COCCOC(C)C)o1. The zero-order valence-corrected chi connectivity index (χ0v) is 11.9. The van der Waals surface area contributed by atoms with Crippen LogP contribution in [0.15, 0.2) is 16.5 Å². The second-order valence-electron chi connectivity index (χ2n) is 4.88. The van der Waals surface area contributed by atoms with E-state index in [0.29, 0.717) is 25.9 Å². The Hall–Kier alpha value is -0.840. The van der Waals surface area contributed by atoms with Crippen molar-refractivity contribution in [3.63, 3.8) is 0 Å². The summed E-state index contributed by atoms with van der Waals surface area (Å²) in [6.45, 7) is 10.7. The molecule has 0 aliphatic rings. The van der Waals surface area contributed by atoms with Gasteiger partial charge in [0.05, 0.1) is 25.9 Å². The summed E-state index contributed by atoms with van der Waals surface area (Å²) in [7, 11) is 0. The molecule has 0 unspecified atom stereocenters. The van der Waals surface area contributed by atoms with E-state index in [4.69, 9.17) is 13.9 Å². The van der Waals surface area contributed by atoms with E-state index < -0.39 is 0 Å². The first-order valence-corrected chi connectivity index (χ1v) is 6.58. The van der Waals surface area contributed by atoms with E-state index >= 15 is 0 Å². The molecule has 1 heterocycles. The van der Waals surface area contributed by atoms with Crippen LogP contribution in [0.1, 0.15) is 39.2 Å². The van der Waals surface area contributed by atoms with Crippen molar-refractivity contribution in [2.45, 2.75) is 53.0 Å². The Morgan fingerprint density at radius 2 is 1.83 bits per heavy atom. The predicted octanol–water partition coefficient (Wildman–Crippen LogP) is 2.72. The standard InChI is InChI=1S/C14H25NO3/c1-11(2)15-9-13-5-6-14(18-13)10-16-7-8-17-12(3)4/h5-6,11-12,15H,7-10H2,1-4H3. The molecule has 1 rings (SSSR count). The van der Waals surface area contributed by atoms with Gasteiger partial charge in [0.25, 0.3) is 0 Å². The van der Waals surface area contributed by atoms with Gasteiger partial charge < -0.3 is 19.2 Å². The maximum atomic E-state index is 5.63. The van der Waals surface area contributed by atoms with E-state index in [2.05, 4.69) is 19.2 Å². The van der Waals surface area contributed by atoms with Crippen LogP contribution in [0.4, 0.5) is 0 Å². The van der Waals surface area contributed by atoms with Gasteiger partial charge in [-0.1, -0.05) is 13.8 Å². The first-order chi connectivity index (χ1) is 8.58. The van der Waals surface area contributed by atoms with Crippen LogP contribution < -0.4 is 5.32 Å². The molecule has 1 aromatic rings. The van der Waals surface area contributed by atoms with Crippen LogP contribution in [0.2, 0.25) is 0 Å². The van der Waals surface area contributed by atoms with Crippen LogP contribution >= 0.6 is 0 Å². The molecular weight excluding hydrogens is 230 g/mol. The second kappa shape index (κ2) is 8.29. The molecule has 0 aliphatic carbocycles. The van der Waals surface area contributed by atoms with Crippen molar-refractivity contribution in [1.82, 2.24) is 5.32 Å². The van der Waals surface area contributed by atoms with Crippen LogP contribution in [0.25, 0.3) is 0 Å². The molecule has 0 fully saturated rings. The van der Waals surface area contributed by atoms with Gasteiger partial charge >= 0.3 is 0 Å². The Morgan fingerprint density at radius 1 is 1.11 bits per heavy atom. The molecule has 0 radical (unpaired) electrons. The van der Waals surface area contributed by atoms with Crippen molar-refractivity contribution < 1.29 is 13.9 Å². The van der Waals surface area contributed by atoms with Gasteiger partial charge in [0, 0.05) is 6.04 Å². The van der Waals surface area contributed by atoms with Gasteiger partial charge in [-0.05, 0) is 26.0 Å². The van der Waals surface area contributed by atoms with Gasteiger partial charge in [0.1, 0.15) is 18.1 Å². The molecule has 104 valence electrons. The van der Waals surface area contributed by atoms with Gasteiger partial charge in [-0.3, -0.25) is 0 Å². The lowest BCUT2D eigenvalue weighted by Crippen LogP contribution is -2.21. The molecule has 1 aromatic heterocycles. The van der Waals surface area contributed by atoms with E-state index in [-0.39, 0.29) is 6.10 Å². The number of ether oxygens (including phenoxy) is 2. The Kier molecular flexibility index (Phi) is 7.01. The maximum absolute atomic E-state index is 5.63. The first kappa shape index (κ1) is 15.2. The van der Waals surface area contributed by atoms with E-state index in [9.17, 15) is 0 Å². The number of nitrogens with one attached hydrogen (secondary N) is 1. The lowest BCUT2D eigenvalue weighted by Gasteiger charge is -2.07. The molecule has 0 bridgehead atoms. The lowest BCUT2D eigenvalue weighted by molar-refractivity contribution is 0.0101. The zero-order valence-electron chi connectivity index (χ0n) is 11.9. The van der Waals surface area contributed by atoms with Gasteiger partial charge in [-0.2, -0.15) is 0 Å². The van der Waals surface area contributed by atoms with Crippen LogP contribution in [0.3, 0.4) is 0 Å². The fourth-order valence-electron chi connectivity index (χ4n) is 1.42. The zero-order chi connectivity index (χ0) is 13.4. The Morgan fingerprint density at radius 3 is 2.50 bits per heavy atom. The molecule has 4 heteroatoms. The van der Waals surface area contributed by atoms with Crippen molar-refractivity contribution in [2.24, 2.45) is 0 Å². The monoisotopic (exact) mass is 255 g/mol. The summed E-state index contributed by atoms with van der Waals surface area (Å²) >= 11 is 0. The molecule has 0 spiro atoms. The lowest BCUT2D eigenvalue weighted by atomic mass is 10.3. The van der Waals surface area contributed by atoms with E-state index in [1.54, 1.807) is 0 Å². The van der Waals surface area contributed by atoms with Crippen LogP contribution in [0.5, 0.6) is 0 Å². The predicted molar refractivity (Wildman–Crippen MR) is 71.4 cm³/mol. The van der Waals surface area contributed by atoms with Crippen molar-refractivity contribution >= 4 is 0 Å². The Balaban J connectivity index is 2.15. The quantitative estimate of drug-likeness (QED) is 0.689. The largest absolute Gasteiger partial charge is 0.462 e. The summed E-state index contributed by atoms with van der Waals surface area (Å²) in [5.74, 6) is 1.81. The third-order valence-corrected chi connectivity index (χ3v) is 2.33.